The van der Waals surface area contributed by atoms with Gasteiger partial charge in [-0.05, 0) is 18.6 Å². The zero-order valence-electron chi connectivity index (χ0n) is 16.7. The van der Waals surface area contributed by atoms with Gasteiger partial charge < -0.3 is 20.4 Å². The summed E-state index contributed by atoms with van der Waals surface area (Å²) in [6.07, 6.45) is 1.78. The Morgan fingerprint density at radius 3 is 2.57 bits per heavy atom. The molecule has 160 valence electrons. The number of alkyl halides is 2. The molecule has 0 unspecified atom stereocenters. The molecule has 0 aliphatic heterocycles. The number of imidazole rings is 1. The number of aryl methyl sites for hydroxylation is 1. The molecule has 3 aromatic rings. The molecule has 3 N–H and O–H groups in total. The Hall–Kier alpha value is -2.69. The monoisotopic (exact) mass is 527 g/mol. The Labute approximate surface area is 191 Å². The fourth-order valence-corrected chi connectivity index (χ4v) is 2.84. The molecule has 0 fully saturated rings. The zero-order chi connectivity index (χ0) is 20.6. The minimum Gasteiger partial charge on any atom is -0.434 e. The van der Waals surface area contributed by atoms with Crippen molar-refractivity contribution >= 4 is 29.9 Å². The van der Waals surface area contributed by atoms with Crippen molar-refractivity contribution in [2.75, 3.05) is 7.05 Å². The topological polar surface area (TPSA) is 74.3 Å². The van der Waals surface area contributed by atoms with Crippen LogP contribution < -0.4 is 15.4 Å². The number of aliphatic imine (C=N–C) groups is 1. The third-order valence-electron chi connectivity index (χ3n) is 4.24. The Kier molecular flexibility index (Phi) is 9.03. The molecule has 3 rings (SSSR count). The summed E-state index contributed by atoms with van der Waals surface area (Å²) in [6.45, 7) is -0.256. The maximum absolute atomic E-state index is 12.6. The number of H-pyrrole nitrogens is 1. The molecule has 0 atom stereocenters. The van der Waals surface area contributed by atoms with Crippen LogP contribution in [0, 0.1) is 6.92 Å². The van der Waals surface area contributed by atoms with Gasteiger partial charge in [0, 0.05) is 19.2 Å². The lowest BCUT2D eigenvalue weighted by Crippen LogP contribution is -2.36. The predicted molar refractivity (Wildman–Crippen MR) is 124 cm³/mol. The van der Waals surface area contributed by atoms with Crippen LogP contribution in [0.3, 0.4) is 0 Å². The van der Waals surface area contributed by atoms with Crippen molar-refractivity contribution < 1.29 is 13.5 Å². The van der Waals surface area contributed by atoms with E-state index in [1.165, 1.54) is 0 Å². The highest BCUT2D eigenvalue weighted by molar-refractivity contribution is 14.0. The summed E-state index contributed by atoms with van der Waals surface area (Å²) in [4.78, 5) is 11.8. The van der Waals surface area contributed by atoms with E-state index in [2.05, 4.69) is 30.3 Å². The van der Waals surface area contributed by atoms with E-state index in [1.807, 2.05) is 37.3 Å². The highest BCUT2D eigenvalue weighted by atomic mass is 127. The summed E-state index contributed by atoms with van der Waals surface area (Å²) in [5.41, 5.74) is 3.56. The van der Waals surface area contributed by atoms with Crippen LogP contribution in [0.2, 0.25) is 0 Å². The normalized spacial score (nSPS) is 11.2. The number of nitrogens with one attached hydrogen (secondary N) is 3. The van der Waals surface area contributed by atoms with Gasteiger partial charge in [-0.2, -0.15) is 8.78 Å². The first kappa shape index (κ1) is 23.6. The Morgan fingerprint density at radius 1 is 1.13 bits per heavy atom. The molecule has 0 bridgehead atoms. The Bertz CT molecular complexity index is 963. The summed E-state index contributed by atoms with van der Waals surface area (Å²) in [5, 5.41) is 6.26. The minimum atomic E-state index is -2.87. The van der Waals surface area contributed by atoms with Gasteiger partial charge in [-0.15, -0.1) is 24.0 Å². The number of aromatic nitrogens is 2. The van der Waals surface area contributed by atoms with Crippen LogP contribution in [-0.4, -0.2) is 29.6 Å². The second-order valence-electron chi connectivity index (χ2n) is 6.38. The van der Waals surface area contributed by atoms with Crippen molar-refractivity contribution in [2.45, 2.75) is 26.6 Å². The van der Waals surface area contributed by atoms with Crippen molar-refractivity contribution in [2.24, 2.45) is 4.99 Å². The Balaban J connectivity index is 0.00000320. The van der Waals surface area contributed by atoms with E-state index in [1.54, 1.807) is 31.4 Å². The van der Waals surface area contributed by atoms with Gasteiger partial charge in [0.25, 0.3) is 0 Å². The van der Waals surface area contributed by atoms with Crippen molar-refractivity contribution in [1.29, 1.82) is 0 Å². The third-order valence-corrected chi connectivity index (χ3v) is 4.24. The molecule has 0 aliphatic carbocycles. The van der Waals surface area contributed by atoms with E-state index >= 15 is 0 Å². The van der Waals surface area contributed by atoms with Crippen LogP contribution >= 0.6 is 24.0 Å². The van der Waals surface area contributed by atoms with Crippen molar-refractivity contribution in [1.82, 2.24) is 20.6 Å². The van der Waals surface area contributed by atoms with E-state index in [9.17, 15) is 8.78 Å². The zero-order valence-corrected chi connectivity index (χ0v) is 19.0. The van der Waals surface area contributed by atoms with Crippen LogP contribution in [0.25, 0.3) is 11.3 Å². The summed E-state index contributed by atoms with van der Waals surface area (Å²) in [6, 6.07) is 15.0. The summed E-state index contributed by atoms with van der Waals surface area (Å²) in [7, 11) is 1.64. The molecular weight excluding hydrogens is 503 g/mol. The quantitative estimate of drug-likeness (QED) is 0.241. The average molecular weight is 527 g/mol. The fourth-order valence-electron chi connectivity index (χ4n) is 2.84. The average Bonchev–Trinajstić information content (AvgIpc) is 3.19. The first-order valence-corrected chi connectivity index (χ1v) is 9.13. The molecule has 6 nitrogen and oxygen atoms in total. The van der Waals surface area contributed by atoms with Crippen LogP contribution in [0.1, 0.15) is 17.0 Å². The van der Waals surface area contributed by atoms with Crippen molar-refractivity contribution in [3.63, 3.8) is 0 Å². The number of halogens is 3. The number of hydrogen-bond acceptors (Lipinski definition) is 3. The first-order valence-electron chi connectivity index (χ1n) is 9.13. The highest BCUT2D eigenvalue weighted by Gasteiger charge is 2.11. The Morgan fingerprint density at radius 2 is 1.87 bits per heavy atom. The summed E-state index contributed by atoms with van der Waals surface area (Å²) < 4.78 is 29.8. The van der Waals surface area contributed by atoms with E-state index in [0.29, 0.717) is 18.1 Å². The van der Waals surface area contributed by atoms with Gasteiger partial charge in [-0.1, -0.05) is 48.0 Å². The summed E-state index contributed by atoms with van der Waals surface area (Å²) in [5.74, 6) is 1.42. The van der Waals surface area contributed by atoms with Crippen LogP contribution in [-0.2, 0) is 13.1 Å². The molecule has 0 saturated heterocycles. The highest BCUT2D eigenvalue weighted by Crippen LogP contribution is 2.22. The second kappa shape index (κ2) is 11.5. The van der Waals surface area contributed by atoms with Gasteiger partial charge in [-0.25, -0.2) is 4.98 Å². The number of nitrogens with zero attached hydrogens (tertiary/aromatic N) is 2. The number of rotatable bonds is 7. The van der Waals surface area contributed by atoms with Crippen LogP contribution in [0.4, 0.5) is 8.78 Å². The second-order valence-corrected chi connectivity index (χ2v) is 6.38. The lowest BCUT2D eigenvalue weighted by molar-refractivity contribution is -0.0504. The van der Waals surface area contributed by atoms with E-state index in [4.69, 9.17) is 0 Å². The standard InChI is InChI=1S/C21H23F2N5O.HI/c1-14-8-9-18(29-20(22)23)16(10-14)11-26-21(24-2)27-13-19-25-12-17(28-19)15-6-4-3-5-7-15;/h3-10,12,20H,11,13H2,1-2H3,(H,25,28)(H2,24,26,27);1H. The number of benzene rings is 2. The number of guanidine groups is 1. The molecule has 0 radical (unpaired) electrons. The molecule has 0 spiro atoms. The van der Waals surface area contributed by atoms with Crippen molar-refractivity contribution in [3.8, 4) is 17.0 Å². The van der Waals surface area contributed by atoms with Gasteiger partial charge >= 0.3 is 6.61 Å². The molecule has 0 aliphatic rings. The molecule has 30 heavy (non-hydrogen) atoms. The van der Waals surface area contributed by atoms with Gasteiger partial charge in [0.05, 0.1) is 18.4 Å². The third kappa shape index (κ3) is 6.68. The van der Waals surface area contributed by atoms with E-state index in [-0.39, 0.29) is 36.3 Å². The maximum atomic E-state index is 12.6. The molecule has 0 amide bonds. The number of aromatic amines is 1. The van der Waals surface area contributed by atoms with E-state index < -0.39 is 6.61 Å². The molecule has 0 saturated carbocycles. The predicted octanol–water partition coefficient (Wildman–Crippen LogP) is 4.47. The van der Waals surface area contributed by atoms with E-state index in [0.717, 1.165) is 22.6 Å². The van der Waals surface area contributed by atoms with Crippen LogP contribution in [0.5, 0.6) is 5.75 Å². The molecule has 1 aromatic heterocycles. The molecule has 1 heterocycles. The fraction of sp³-hybridized carbons (Fsp3) is 0.238. The molecule has 2 aromatic carbocycles. The SMILES string of the molecule is CN=C(NCc1ncc(-c2ccccc2)[nH]1)NCc1cc(C)ccc1OC(F)F.I. The minimum absolute atomic E-state index is 0. The van der Waals surface area contributed by atoms with Gasteiger partial charge in [0.2, 0.25) is 0 Å². The number of hydrogen-bond donors (Lipinski definition) is 3. The van der Waals surface area contributed by atoms with Crippen molar-refractivity contribution in [3.05, 3.63) is 71.7 Å². The van der Waals surface area contributed by atoms with Crippen LogP contribution in [0.15, 0.2) is 59.7 Å². The molecule has 9 heteroatoms. The molecular formula is C21H24F2IN5O. The van der Waals surface area contributed by atoms with Gasteiger partial charge in [0.15, 0.2) is 5.96 Å². The largest absolute Gasteiger partial charge is 0.434 e. The van der Waals surface area contributed by atoms with Gasteiger partial charge in [-0.3, -0.25) is 4.99 Å². The maximum Gasteiger partial charge on any atom is 0.387 e. The summed E-state index contributed by atoms with van der Waals surface area (Å²) >= 11 is 0. The first-order chi connectivity index (χ1) is 14.0. The lowest BCUT2D eigenvalue weighted by atomic mass is 10.1. The number of ether oxygens (including phenoxy) is 1. The van der Waals surface area contributed by atoms with Gasteiger partial charge in [0.1, 0.15) is 11.6 Å². The smallest absolute Gasteiger partial charge is 0.387 e. The lowest BCUT2D eigenvalue weighted by Gasteiger charge is -2.14.